The number of nitrogens with one attached hydrogen (secondary N) is 1. The fourth-order valence-electron chi connectivity index (χ4n) is 1.65. The highest BCUT2D eigenvalue weighted by atomic mass is 16.5. The van der Waals surface area contributed by atoms with E-state index in [0.29, 0.717) is 18.8 Å². The lowest BCUT2D eigenvalue weighted by Crippen LogP contribution is -2.20. The van der Waals surface area contributed by atoms with E-state index < -0.39 is 0 Å². The van der Waals surface area contributed by atoms with Gasteiger partial charge in [0.2, 0.25) is 0 Å². The molecular formula is C13H21N3O3. The van der Waals surface area contributed by atoms with Crippen LogP contribution < -0.4 is 11.1 Å². The van der Waals surface area contributed by atoms with Gasteiger partial charge in [-0.05, 0) is 24.1 Å². The van der Waals surface area contributed by atoms with Crippen LogP contribution in [0.1, 0.15) is 16.7 Å². The van der Waals surface area contributed by atoms with Crippen LogP contribution in [0.3, 0.4) is 0 Å². The summed E-state index contributed by atoms with van der Waals surface area (Å²) < 4.78 is 5.14. The first-order valence-electron chi connectivity index (χ1n) is 6.15. The van der Waals surface area contributed by atoms with Crippen LogP contribution in [0, 0.1) is 6.92 Å². The number of aryl methyl sites for hydroxylation is 1. The van der Waals surface area contributed by atoms with E-state index in [4.69, 9.17) is 20.8 Å². The number of ether oxygens (including phenoxy) is 1. The fraction of sp³-hybridized carbons (Fsp3) is 0.462. The molecule has 0 atom stereocenters. The van der Waals surface area contributed by atoms with Gasteiger partial charge in [-0.1, -0.05) is 17.3 Å². The maximum absolute atomic E-state index is 8.61. The summed E-state index contributed by atoms with van der Waals surface area (Å²) in [5, 5.41) is 23.4. The smallest absolute Gasteiger partial charge is 0.170 e. The monoisotopic (exact) mass is 267 g/mol. The number of nitrogens with two attached hydrogens (primary N) is 1. The number of aliphatic hydroxyl groups is 1. The quantitative estimate of drug-likeness (QED) is 0.177. The second kappa shape index (κ2) is 8.47. The van der Waals surface area contributed by atoms with Gasteiger partial charge in [-0.15, -0.1) is 0 Å². The Morgan fingerprint density at radius 2 is 2.21 bits per heavy atom. The molecule has 1 aromatic carbocycles. The van der Waals surface area contributed by atoms with Crippen molar-refractivity contribution in [2.45, 2.75) is 13.5 Å². The first kappa shape index (κ1) is 15.4. The molecule has 0 radical (unpaired) electrons. The second-order valence-electron chi connectivity index (χ2n) is 4.14. The summed E-state index contributed by atoms with van der Waals surface area (Å²) >= 11 is 0. The summed E-state index contributed by atoms with van der Waals surface area (Å²) in [6.45, 7) is 4.42. The highest BCUT2D eigenvalue weighted by Gasteiger charge is 2.03. The lowest BCUT2D eigenvalue weighted by Gasteiger charge is -2.09. The van der Waals surface area contributed by atoms with Gasteiger partial charge in [0.15, 0.2) is 5.84 Å². The van der Waals surface area contributed by atoms with Crippen LogP contribution in [0.4, 0.5) is 0 Å². The Balaban J connectivity index is 2.43. The largest absolute Gasteiger partial charge is 0.409 e. The molecule has 0 fully saturated rings. The van der Waals surface area contributed by atoms with Gasteiger partial charge in [-0.3, -0.25) is 0 Å². The highest BCUT2D eigenvalue weighted by molar-refractivity contribution is 5.97. The Bertz CT molecular complexity index is 422. The van der Waals surface area contributed by atoms with Gasteiger partial charge in [0.1, 0.15) is 0 Å². The zero-order valence-electron chi connectivity index (χ0n) is 11.1. The summed E-state index contributed by atoms with van der Waals surface area (Å²) in [6, 6.07) is 5.65. The first-order chi connectivity index (χ1) is 9.19. The lowest BCUT2D eigenvalue weighted by molar-refractivity contribution is 0.0938. The molecule has 6 nitrogen and oxygen atoms in total. The molecule has 0 bridgehead atoms. The number of aliphatic hydroxyl groups excluding tert-OH is 1. The Kier molecular flexibility index (Phi) is 6.88. The Morgan fingerprint density at radius 3 is 2.84 bits per heavy atom. The summed E-state index contributed by atoms with van der Waals surface area (Å²) in [4.78, 5) is 0. The molecular weight excluding hydrogens is 246 g/mol. The van der Waals surface area contributed by atoms with Crippen molar-refractivity contribution in [1.82, 2.24) is 5.32 Å². The van der Waals surface area contributed by atoms with Crippen LogP contribution in [0.15, 0.2) is 23.4 Å². The minimum Gasteiger partial charge on any atom is -0.409 e. The minimum atomic E-state index is 0.0500. The van der Waals surface area contributed by atoms with E-state index in [1.54, 1.807) is 0 Å². The van der Waals surface area contributed by atoms with Crippen molar-refractivity contribution in [2.24, 2.45) is 10.9 Å². The van der Waals surface area contributed by atoms with E-state index in [-0.39, 0.29) is 12.4 Å². The molecule has 0 heterocycles. The molecule has 0 spiro atoms. The number of amidine groups is 1. The van der Waals surface area contributed by atoms with Crippen LogP contribution in [-0.4, -0.2) is 42.5 Å². The molecule has 106 valence electrons. The molecule has 0 aliphatic carbocycles. The van der Waals surface area contributed by atoms with Gasteiger partial charge in [0.05, 0.1) is 19.8 Å². The Hall–Kier alpha value is -1.63. The molecule has 0 aliphatic heterocycles. The van der Waals surface area contributed by atoms with Crippen LogP contribution in [0.5, 0.6) is 0 Å². The second-order valence-corrected chi connectivity index (χ2v) is 4.14. The zero-order chi connectivity index (χ0) is 14.1. The van der Waals surface area contributed by atoms with E-state index in [9.17, 15) is 0 Å². The molecule has 5 N–H and O–H groups in total. The van der Waals surface area contributed by atoms with Crippen molar-refractivity contribution >= 4 is 5.84 Å². The van der Waals surface area contributed by atoms with Crippen molar-refractivity contribution in [3.05, 3.63) is 34.9 Å². The van der Waals surface area contributed by atoms with E-state index >= 15 is 0 Å². The molecule has 6 heteroatoms. The van der Waals surface area contributed by atoms with Gasteiger partial charge in [0.25, 0.3) is 0 Å². The maximum Gasteiger partial charge on any atom is 0.170 e. The number of benzene rings is 1. The number of hydrogen-bond donors (Lipinski definition) is 4. The third-order valence-corrected chi connectivity index (χ3v) is 2.72. The van der Waals surface area contributed by atoms with Crippen LogP contribution >= 0.6 is 0 Å². The van der Waals surface area contributed by atoms with Crippen LogP contribution in [0.2, 0.25) is 0 Å². The molecule has 0 amide bonds. The van der Waals surface area contributed by atoms with Crippen molar-refractivity contribution in [1.29, 1.82) is 0 Å². The zero-order valence-corrected chi connectivity index (χ0v) is 11.1. The minimum absolute atomic E-state index is 0.0500. The van der Waals surface area contributed by atoms with Gasteiger partial charge in [-0.25, -0.2) is 0 Å². The molecule has 1 rings (SSSR count). The fourth-order valence-corrected chi connectivity index (χ4v) is 1.65. The van der Waals surface area contributed by atoms with Crippen molar-refractivity contribution < 1.29 is 15.1 Å². The van der Waals surface area contributed by atoms with Crippen LogP contribution in [0.25, 0.3) is 0 Å². The number of oxime groups is 1. The molecule has 0 saturated carbocycles. The third-order valence-electron chi connectivity index (χ3n) is 2.72. The summed E-state index contributed by atoms with van der Waals surface area (Å²) in [7, 11) is 0. The predicted molar refractivity (Wildman–Crippen MR) is 73.3 cm³/mol. The maximum atomic E-state index is 8.61. The molecule has 19 heavy (non-hydrogen) atoms. The SMILES string of the molecule is Cc1cc(/C(N)=N/O)ccc1CNCCOCCO. The topological polar surface area (TPSA) is 100 Å². The Labute approximate surface area is 112 Å². The summed E-state index contributed by atoms with van der Waals surface area (Å²) in [6.07, 6.45) is 0. The summed E-state index contributed by atoms with van der Waals surface area (Å²) in [5.74, 6) is 0.111. The van der Waals surface area contributed by atoms with E-state index in [1.165, 1.54) is 0 Å². The average Bonchev–Trinajstić information content (AvgIpc) is 2.43. The van der Waals surface area contributed by atoms with Crippen molar-refractivity contribution in [3.8, 4) is 0 Å². The highest BCUT2D eigenvalue weighted by Crippen LogP contribution is 2.10. The number of rotatable bonds is 8. The normalized spacial score (nSPS) is 11.8. The van der Waals surface area contributed by atoms with Gasteiger partial charge >= 0.3 is 0 Å². The number of nitrogens with zero attached hydrogens (tertiary/aromatic N) is 1. The predicted octanol–water partition coefficient (Wildman–Crippen LogP) is 0.188. The van der Waals surface area contributed by atoms with Gasteiger partial charge in [-0.2, -0.15) is 0 Å². The van der Waals surface area contributed by atoms with E-state index in [0.717, 1.165) is 24.2 Å². The Morgan fingerprint density at radius 1 is 1.42 bits per heavy atom. The molecule has 0 unspecified atom stereocenters. The van der Waals surface area contributed by atoms with E-state index in [2.05, 4.69) is 10.5 Å². The standard InChI is InChI=1S/C13H21N3O3/c1-10-8-11(13(14)16-18)2-3-12(10)9-15-4-6-19-7-5-17/h2-3,8,15,17-18H,4-7,9H2,1H3,(H2,14,16). The van der Waals surface area contributed by atoms with Crippen molar-refractivity contribution in [2.75, 3.05) is 26.4 Å². The average molecular weight is 267 g/mol. The molecule has 0 saturated heterocycles. The van der Waals surface area contributed by atoms with E-state index in [1.807, 2.05) is 25.1 Å². The number of hydrogen-bond acceptors (Lipinski definition) is 5. The molecule has 0 aromatic heterocycles. The third kappa shape index (κ3) is 5.25. The summed E-state index contributed by atoms with van der Waals surface area (Å²) in [5.41, 5.74) is 8.46. The molecule has 0 aliphatic rings. The first-order valence-corrected chi connectivity index (χ1v) is 6.15. The lowest BCUT2D eigenvalue weighted by atomic mass is 10.0. The van der Waals surface area contributed by atoms with Gasteiger partial charge in [0, 0.05) is 18.7 Å². The van der Waals surface area contributed by atoms with Crippen molar-refractivity contribution in [3.63, 3.8) is 0 Å². The van der Waals surface area contributed by atoms with Gasteiger partial charge < -0.3 is 26.1 Å². The van der Waals surface area contributed by atoms with Crippen LogP contribution in [-0.2, 0) is 11.3 Å². The molecule has 1 aromatic rings.